The molecule has 0 amide bonds. The van der Waals surface area contributed by atoms with Gasteiger partial charge < -0.3 is 4.42 Å². The maximum absolute atomic E-state index is 9.54. The normalized spacial score (nSPS) is 14.1. The summed E-state index contributed by atoms with van der Waals surface area (Å²) >= 11 is 0. The molecule has 0 unspecified atom stereocenters. The van der Waals surface area contributed by atoms with E-state index in [2.05, 4.69) is 36.4 Å². The van der Waals surface area contributed by atoms with Gasteiger partial charge in [-0.2, -0.15) is 0 Å². The van der Waals surface area contributed by atoms with E-state index in [1.54, 1.807) is 0 Å². The summed E-state index contributed by atoms with van der Waals surface area (Å²) in [4.78, 5) is 0. The van der Waals surface area contributed by atoms with Crippen LogP contribution in [0.1, 0.15) is 11.0 Å². The van der Waals surface area contributed by atoms with Gasteiger partial charge in [0.2, 0.25) is 0 Å². The van der Waals surface area contributed by atoms with E-state index in [1.807, 2.05) is 97.1 Å². The fourth-order valence-electron chi connectivity index (χ4n) is 8.09. The van der Waals surface area contributed by atoms with Gasteiger partial charge in [0, 0.05) is 10.8 Å². The van der Waals surface area contributed by atoms with Gasteiger partial charge in [-0.1, -0.05) is 164 Å². The molecule has 51 heavy (non-hydrogen) atoms. The molecule has 236 valence electrons. The van der Waals surface area contributed by atoms with Gasteiger partial charge >= 0.3 is 0 Å². The van der Waals surface area contributed by atoms with E-state index < -0.39 is 24.2 Å². The Hall–Kier alpha value is -6.70. The summed E-state index contributed by atoms with van der Waals surface area (Å²) in [5.41, 5.74) is 5.19. The van der Waals surface area contributed by atoms with Crippen molar-refractivity contribution in [3.8, 4) is 33.4 Å². The molecule has 0 saturated carbocycles. The Morgan fingerprint density at radius 2 is 0.843 bits per heavy atom. The Balaban J connectivity index is 1.32. The van der Waals surface area contributed by atoms with Crippen LogP contribution in [0.5, 0.6) is 0 Å². The molecule has 0 bridgehead atoms. The number of furan rings is 1. The van der Waals surface area contributed by atoms with E-state index in [4.69, 9.17) is 9.90 Å². The second-order valence-corrected chi connectivity index (χ2v) is 13.0. The predicted octanol–water partition coefficient (Wildman–Crippen LogP) is 14.4. The smallest absolute Gasteiger partial charge is 0.136 e. The lowest BCUT2D eigenvalue weighted by Crippen LogP contribution is -1.92. The average Bonchev–Trinajstić information content (AvgIpc) is 3.67. The second-order valence-electron chi connectivity index (χ2n) is 13.0. The lowest BCUT2D eigenvalue weighted by Gasteiger charge is -2.20. The van der Waals surface area contributed by atoms with Crippen molar-refractivity contribution < 1.29 is 15.4 Å². The fraction of sp³-hybridized carbons (Fsp3) is 0. The van der Waals surface area contributed by atoms with Crippen molar-refractivity contribution in [2.24, 2.45) is 0 Å². The summed E-state index contributed by atoms with van der Waals surface area (Å²) in [5, 5.41) is 8.16. The number of hydrogen-bond donors (Lipinski definition) is 0. The van der Waals surface area contributed by atoms with Crippen molar-refractivity contribution >= 4 is 75.8 Å². The Kier molecular flexibility index (Phi) is 4.57. The summed E-state index contributed by atoms with van der Waals surface area (Å²) in [6.45, 7) is 0. The second kappa shape index (κ2) is 10.9. The standard InChI is InChI=1S/C50H30O/c1-3-16-35-31(12-1)14-9-23-38(35)47-39-18-5-7-20-41(39)48(42-21-8-6-19-40(42)47)43-24-10-15-33-26-27-34(30-44(33)43)37-22-11-25-45-50(37)49-36-17-4-2-13-32(36)28-29-46(49)51-45/h1-30H/i5D,6D,7D,8D,18D,19D,20D,21D. The average molecular weight is 655 g/mol. The third kappa shape index (κ3) is 4.16. The van der Waals surface area contributed by atoms with Crippen LogP contribution in [0.3, 0.4) is 0 Å². The molecule has 0 atom stereocenters. The molecule has 0 fully saturated rings. The first-order valence-corrected chi connectivity index (χ1v) is 16.9. The van der Waals surface area contributed by atoms with Gasteiger partial charge in [0.05, 0.1) is 11.0 Å². The highest BCUT2D eigenvalue weighted by molar-refractivity contribution is 6.26. The van der Waals surface area contributed by atoms with Gasteiger partial charge in [0.15, 0.2) is 0 Å². The molecule has 0 aliphatic carbocycles. The van der Waals surface area contributed by atoms with Crippen molar-refractivity contribution in [1.29, 1.82) is 0 Å². The largest absolute Gasteiger partial charge is 0.456 e. The van der Waals surface area contributed by atoms with Gasteiger partial charge in [-0.05, 0) is 105 Å². The number of benzene rings is 10. The van der Waals surface area contributed by atoms with E-state index in [9.17, 15) is 5.48 Å². The molecule has 0 aliphatic rings. The predicted molar refractivity (Wildman–Crippen MR) is 218 cm³/mol. The van der Waals surface area contributed by atoms with E-state index in [0.717, 1.165) is 65.4 Å². The molecule has 1 aromatic heterocycles. The van der Waals surface area contributed by atoms with E-state index in [1.165, 1.54) is 0 Å². The van der Waals surface area contributed by atoms with Gasteiger partial charge in [0.25, 0.3) is 0 Å². The quantitative estimate of drug-likeness (QED) is 0.173. The van der Waals surface area contributed by atoms with Crippen LogP contribution in [0.4, 0.5) is 0 Å². The van der Waals surface area contributed by atoms with E-state index in [0.29, 0.717) is 22.3 Å². The number of rotatable bonds is 3. The minimum Gasteiger partial charge on any atom is -0.456 e. The van der Waals surface area contributed by atoms with Gasteiger partial charge in [-0.3, -0.25) is 0 Å². The molecule has 10 aromatic carbocycles. The highest BCUT2D eigenvalue weighted by Crippen LogP contribution is 2.47. The molecule has 0 aliphatic heterocycles. The van der Waals surface area contributed by atoms with Crippen LogP contribution >= 0.6 is 0 Å². The van der Waals surface area contributed by atoms with Crippen molar-refractivity contribution in [1.82, 2.24) is 0 Å². The molecule has 11 aromatic rings. The lowest BCUT2D eigenvalue weighted by atomic mass is 9.83. The fourth-order valence-corrected chi connectivity index (χ4v) is 8.09. The van der Waals surface area contributed by atoms with Crippen LogP contribution in [0.15, 0.2) is 186 Å². The Morgan fingerprint density at radius 1 is 0.353 bits per heavy atom. The maximum Gasteiger partial charge on any atom is 0.136 e. The number of fused-ring (bicyclic) bond motifs is 9. The molecule has 1 heterocycles. The topological polar surface area (TPSA) is 13.1 Å². The van der Waals surface area contributed by atoms with Crippen molar-refractivity contribution in [3.63, 3.8) is 0 Å². The first-order valence-electron chi connectivity index (χ1n) is 20.9. The van der Waals surface area contributed by atoms with Crippen molar-refractivity contribution in [2.45, 2.75) is 0 Å². The summed E-state index contributed by atoms with van der Waals surface area (Å²) in [6.07, 6.45) is 0. The third-order valence-corrected chi connectivity index (χ3v) is 10.3. The van der Waals surface area contributed by atoms with Crippen molar-refractivity contribution in [2.75, 3.05) is 0 Å². The summed E-state index contributed by atoms with van der Waals surface area (Å²) in [5.74, 6) is 0. The summed E-state index contributed by atoms with van der Waals surface area (Å²) < 4.78 is 80.2. The zero-order valence-corrected chi connectivity index (χ0v) is 27.1. The minimum atomic E-state index is -0.431. The van der Waals surface area contributed by atoms with E-state index >= 15 is 0 Å². The minimum absolute atomic E-state index is 0.184. The Labute approximate surface area is 305 Å². The molecule has 0 spiro atoms. The summed E-state index contributed by atoms with van der Waals surface area (Å²) in [7, 11) is 0. The number of hydrogen-bond acceptors (Lipinski definition) is 1. The maximum atomic E-state index is 9.54. The molecule has 1 heteroatoms. The first-order chi connectivity index (χ1) is 28.6. The van der Waals surface area contributed by atoms with Crippen molar-refractivity contribution in [3.05, 3.63) is 182 Å². The van der Waals surface area contributed by atoms with E-state index in [-0.39, 0.29) is 45.7 Å². The highest BCUT2D eigenvalue weighted by atomic mass is 16.3. The molecule has 0 radical (unpaired) electrons. The van der Waals surface area contributed by atoms with Crippen LogP contribution in [-0.4, -0.2) is 0 Å². The zero-order chi connectivity index (χ0) is 40.4. The Morgan fingerprint density at radius 3 is 1.53 bits per heavy atom. The van der Waals surface area contributed by atoms with Crippen LogP contribution < -0.4 is 0 Å². The molecular formula is C50H30O. The molecule has 11 rings (SSSR count). The summed E-state index contributed by atoms with van der Waals surface area (Å²) in [6, 6.07) is 40.6. The molecule has 1 nitrogen and oxygen atoms in total. The highest BCUT2D eigenvalue weighted by Gasteiger charge is 2.20. The lowest BCUT2D eigenvalue weighted by molar-refractivity contribution is 0.669. The van der Waals surface area contributed by atoms with Gasteiger partial charge in [0.1, 0.15) is 11.2 Å². The van der Waals surface area contributed by atoms with Gasteiger partial charge in [-0.25, -0.2) is 0 Å². The van der Waals surface area contributed by atoms with Crippen LogP contribution in [0, 0.1) is 0 Å². The monoisotopic (exact) mass is 654 g/mol. The Bertz CT molecular complexity index is 3580. The van der Waals surface area contributed by atoms with Gasteiger partial charge in [-0.15, -0.1) is 0 Å². The first kappa shape index (κ1) is 21.4. The third-order valence-electron chi connectivity index (χ3n) is 10.3. The molecular weight excluding hydrogens is 617 g/mol. The molecule has 0 saturated heterocycles. The SMILES string of the molecule is [2H]c1c([2H])c([2H])c2c(-c3cccc4ccc(-c5cccc6oc7ccc8ccccc8c7c56)cc34)c3c([2H])c([2H])c([2H])c([2H])c3c(-c3cccc4ccccc34)c2c1[2H]. The van der Waals surface area contributed by atoms with Crippen LogP contribution in [0.2, 0.25) is 0 Å². The van der Waals surface area contributed by atoms with Crippen LogP contribution in [0.25, 0.3) is 109 Å². The molecule has 0 N–H and O–H groups in total. The zero-order valence-electron chi connectivity index (χ0n) is 35.1. The van der Waals surface area contributed by atoms with Crippen LogP contribution in [-0.2, 0) is 0 Å².